The van der Waals surface area contributed by atoms with Gasteiger partial charge in [0.05, 0.1) is 18.7 Å². The van der Waals surface area contributed by atoms with E-state index in [4.69, 9.17) is 9.47 Å². The van der Waals surface area contributed by atoms with Crippen LogP contribution in [0, 0.1) is 5.41 Å². The number of methoxy groups -OCH3 is 1. The van der Waals surface area contributed by atoms with Crippen molar-refractivity contribution < 1.29 is 23.9 Å². The maximum Gasteiger partial charge on any atom is 0.410 e. The lowest BCUT2D eigenvalue weighted by Crippen LogP contribution is -2.51. The van der Waals surface area contributed by atoms with Gasteiger partial charge in [0.25, 0.3) is 0 Å². The molecule has 6 nitrogen and oxygen atoms in total. The highest BCUT2D eigenvalue weighted by Gasteiger charge is 2.50. The summed E-state index contributed by atoms with van der Waals surface area (Å²) in [5, 5.41) is 0.521. The fourth-order valence-corrected chi connectivity index (χ4v) is 6.35. The number of ether oxygens (including phenoxy) is 2. The molecule has 1 heterocycles. The number of nitrogens with zero attached hydrogens (tertiary/aromatic N) is 1. The lowest BCUT2D eigenvalue weighted by Gasteiger charge is -2.54. The van der Waals surface area contributed by atoms with Crippen molar-refractivity contribution in [3.05, 3.63) is 71.3 Å². The van der Waals surface area contributed by atoms with Gasteiger partial charge in [0.1, 0.15) is 6.61 Å². The van der Waals surface area contributed by atoms with Gasteiger partial charge in [0.2, 0.25) is 0 Å². The third-order valence-electron chi connectivity index (χ3n) is 6.70. The minimum Gasteiger partial charge on any atom is -0.465 e. The zero-order chi connectivity index (χ0) is 23.4. The van der Waals surface area contributed by atoms with Crippen LogP contribution in [-0.2, 0) is 20.9 Å². The summed E-state index contributed by atoms with van der Waals surface area (Å²) in [5.41, 5.74) is 2.53. The van der Waals surface area contributed by atoms with Crippen LogP contribution >= 0.6 is 11.8 Å². The Morgan fingerprint density at radius 1 is 1.03 bits per heavy atom. The van der Waals surface area contributed by atoms with E-state index in [0.717, 1.165) is 36.8 Å². The smallest absolute Gasteiger partial charge is 0.410 e. The molecule has 2 aliphatic rings. The molecule has 0 radical (unpaired) electrons. The number of rotatable bonds is 5. The number of likely N-dealkylation sites (tertiary alicyclic amines) is 1. The van der Waals surface area contributed by atoms with Crippen molar-refractivity contribution in [2.24, 2.45) is 5.41 Å². The predicted molar refractivity (Wildman–Crippen MR) is 127 cm³/mol. The Labute approximate surface area is 198 Å². The molecular weight excluding hydrogens is 438 g/mol. The SMILES string of the molecule is COC(=O)c1ccc([C@@H]2CC3(CCN2C(=O)OCc2ccccc2)CC(SC(C)=O)C3)cc1. The average Bonchev–Trinajstić information content (AvgIpc) is 2.81. The summed E-state index contributed by atoms with van der Waals surface area (Å²) >= 11 is 1.43. The zero-order valence-corrected chi connectivity index (χ0v) is 19.8. The molecule has 1 aliphatic carbocycles. The number of thioether (sulfide) groups is 1. The van der Waals surface area contributed by atoms with Crippen LogP contribution in [0.5, 0.6) is 0 Å². The van der Waals surface area contributed by atoms with E-state index in [2.05, 4.69) is 0 Å². The molecule has 0 unspecified atom stereocenters. The normalized spacial score (nSPS) is 24.1. The molecule has 2 aromatic rings. The Balaban J connectivity index is 1.50. The molecule has 1 spiro atoms. The van der Waals surface area contributed by atoms with E-state index in [1.165, 1.54) is 18.9 Å². The van der Waals surface area contributed by atoms with E-state index < -0.39 is 0 Å². The molecule has 174 valence electrons. The fraction of sp³-hybridized carbons (Fsp3) is 0.423. The molecule has 0 N–H and O–H groups in total. The van der Waals surface area contributed by atoms with Gasteiger partial charge in [0, 0.05) is 18.7 Å². The quantitative estimate of drug-likeness (QED) is 0.550. The van der Waals surface area contributed by atoms with Gasteiger partial charge in [-0.25, -0.2) is 9.59 Å². The van der Waals surface area contributed by atoms with Crippen molar-refractivity contribution >= 4 is 28.9 Å². The molecule has 7 heteroatoms. The van der Waals surface area contributed by atoms with Crippen LogP contribution in [0.25, 0.3) is 0 Å². The van der Waals surface area contributed by atoms with Gasteiger partial charge in [-0.1, -0.05) is 54.2 Å². The molecule has 2 aromatic carbocycles. The van der Waals surface area contributed by atoms with E-state index in [0.29, 0.717) is 17.4 Å². The zero-order valence-electron chi connectivity index (χ0n) is 19.0. The van der Waals surface area contributed by atoms with E-state index in [1.54, 1.807) is 19.1 Å². The van der Waals surface area contributed by atoms with Crippen LogP contribution < -0.4 is 0 Å². The molecule has 1 saturated carbocycles. The highest BCUT2D eigenvalue weighted by atomic mass is 32.2. The topological polar surface area (TPSA) is 72.9 Å². The second-order valence-electron chi connectivity index (χ2n) is 8.96. The number of piperidine rings is 1. The number of hydrogen-bond donors (Lipinski definition) is 0. The number of amides is 1. The monoisotopic (exact) mass is 467 g/mol. The molecule has 1 saturated heterocycles. The number of esters is 1. The van der Waals surface area contributed by atoms with Crippen molar-refractivity contribution in [2.75, 3.05) is 13.7 Å². The third kappa shape index (κ3) is 5.41. The molecule has 1 atom stereocenters. The van der Waals surface area contributed by atoms with E-state index in [1.807, 2.05) is 47.4 Å². The number of hydrogen-bond acceptors (Lipinski definition) is 6. The third-order valence-corrected chi connectivity index (χ3v) is 7.69. The Hall–Kier alpha value is -2.80. The Morgan fingerprint density at radius 3 is 2.36 bits per heavy atom. The first kappa shape index (κ1) is 23.4. The van der Waals surface area contributed by atoms with Crippen molar-refractivity contribution in [3.63, 3.8) is 0 Å². The van der Waals surface area contributed by atoms with Gasteiger partial charge in [-0.3, -0.25) is 4.79 Å². The number of carbonyl (C=O) groups is 3. The molecule has 2 fully saturated rings. The first-order valence-corrected chi connectivity index (χ1v) is 12.1. The lowest BCUT2D eigenvalue weighted by atomic mass is 9.60. The van der Waals surface area contributed by atoms with Crippen LogP contribution in [0.15, 0.2) is 54.6 Å². The Morgan fingerprint density at radius 2 is 1.73 bits per heavy atom. The molecule has 0 bridgehead atoms. The summed E-state index contributed by atoms with van der Waals surface area (Å²) in [6.07, 6.45) is 3.37. The number of carbonyl (C=O) groups excluding carboxylic acids is 3. The predicted octanol–water partition coefficient (Wildman–Crippen LogP) is 5.38. The van der Waals surface area contributed by atoms with Crippen LogP contribution in [0.4, 0.5) is 4.79 Å². The molecule has 1 amide bonds. The second-order valence-corrected chi connectivity index (χ2v) is 10.4. The van der Waals surface area contributed by atoms with E-state index >= 15 is 0 Å². The summed E-state index contributed by atoms with van der Waals surface area (Å²) in [7, 11) is 1.36. The molecular formula is C26H29NO5S. The Kier molecular flexibility index (Phi) is 7.08. The van der Waals surface area contributed by atoms with Gasteiger partial charge in [-0.2, -0.15) is 0 Å². The minimum atomic E-state index is -0.385. The summed E-state index contributed by atoms with van der Waals surface area (Å²) in [6.45, 7) is 2.45. The molecule has 0 aromatic heterocycles. The molecule has 33 heavy (non-hydrogen) atoms. The summed E-state index contributed by atoms with van der Waals surface area (Å²) in [4.78, 5) is 38.2. The lowest BCUT2D eigenvalue weighted by molar-refractivity contribution is -0.109. The van der Waals surface area contributed by atoms with Crippen LogP contribution in [0.3, 0.4) is 0 Å². The maximum atomic E-state index is 13.1. The molecule has 4 rings (SSSR count). The minimum absolute atomic E-state index is 0.134. The summed E-state index contributed by atoms with van der Waals surface area (Å²) in [5.74, 6) is -0.385. The average molecular weight is 468 g/mol. The van der Waals surface area contributed by atoms with Crippen LogP contribution in [0.2, 0.25) is 0 Å². The van der Waals surface area contributed by atoms with E-state index in [-0.39, 0.29) is 35.2 Å². The van der Waals surface area contributed by atoms with Crippen molar-refractivity contribution in [1.82, 2.24) is 4.90 Å². The summed E-state index contributed by atoms with van der Waals surface area (Å²) < 4.78 is 10.5. The first-order valence-electron chi connectivity index (χ1n) is 11.2. The first-order chi connectivity index (χ1) is 15.9. The van der Waals surface area contributed by atoms with Crippen LogP contribution in [-0.4, -0.2) is 41.0 Å². The van der Waals surface area contributed by atoms with Gasteiger partial charge < -0.3 is 14.4 Å². The fourth-order valence-electron chi connectivity index (χ4n) is 5.01. The second kappa shape index (κ2) is 10.00. The highest BCUT2D eigenvalue weighted by Crippen LogP contribution is 2.57. The largest absolute Gasteiger partial charge is 0.465 e. The Bertz CT molecular complexity index is 1000. The van der Waals surface area contributed by atoms with Crippen molar-refractivity contribution in [3.8, 4) is 0 Å². The van der Waals surface area contributed by atoms with Gasteiger partial charge in [-0.15, -0.1) is 0 Å². The van der Waals surface area contributed by atoms with Crippen molar-refractivity contribution in [2.45, 2.75) is 50.5 Å². The highest BCUT2D eigenvalue weighted by molar-refractivity contribution is 8.14. The van der Waals surface area contributed by atoms with Crippen molar-refractivity contribution in [1.29, 1.82) is 0 Å². The van der Waals surface area contributed by atoms with E-state index in [9.17, 15) is 14.4 Å². The molecule has 1 aliphatic heterocycles. The standard InChI is InChI=1S/C26H29NO5S/c1-18(28)33-22-14-26(15-22)12-13-27(25(30)32-17-19-6-4-3-5-7-19)23(16-26)20-8-10-21(11-9-20)24(29)31-2/h3-11,22-23H,12-17H2,1-2H3/t22?,23-,26?/m0/s1. The van der Waals surface area contributed by atoms with Gasteiger partial charge in [0.15, 0.2) is 5.12 Å². The van der Waals surface area contributed by atoms with Gasteiger partial charge >= 0.3 is 12.1 Å². The summed E-state index contributed by atoms with van der Waals surface area (Å²) in [6, 6.07) is 16.8. The maximum absolute atomic E-state index is 13.1. The number of benzene rings is 2. The van der Waals surface area contributed by atoms with Gasteiger partial charge in [-0.05, 0) is 54.4 Å². The van der Waals surface area contributed by atoms with Crippen LogP contribution in [0.1, 0.15) is 60.1 Å².